The van der Waals surface area contributed by atoms with E-state index in [0.717, 1.165) is 23.5 Å². The molecule has 1 N–H and O–H groups in total. The quantitative estimate of drug-likeness (QED) is 0.533. The summed E-state index contributed by atoms with van der Waals surface area (Å²) < 4.78 is 11.1. The van der Waals surface area contributed by atoms with Crippen LogP contribution >= 0.6 is 0 Å². The minimum absolute atomic E-state index is 0.0893. The predicted molar refractivity (Wildman–Crippen MR) is 127 cm³/mol. The van der Waals surface area contributed by atoms with Crippen LogP contribution in [0.15, 0.2) is 54.6 Å². The van der Waals surface area contributed by atoms with E-state index in [0.29, 0.717) is 18.5 Å². The van der Waals surface area contributed by atoms with Crippen molar-refractivity contribution in [2.24, 2.45) is 0 Å². The van der Waals surface area contributed by atoms with Crippen molar-refractivity contribution in [3.05, 3.63) is 60.2 Å². The average molecular weight is 449 g/mol. The number of amides is 1. The molecular weight excluding hydrogens is 420 g/mol. The summed E-state index contributed by atoms with van der Waals surface area (Å²) in [4.78, 5) is 29.1. The highest BCUT2D eigenvalue weighted by atomic mass is 16.6. The van der Waals surface area contributed by atoms with Crippen LogP contribution in [0, 0.1) is 0 Å². The van der Waals surface area contributed by atoms with Gasteiger partial charge in [-0.15, -0.1) is 0 Å². The lowest BCUT2D eigenvalue weighted by Gasteiger charge is -2.22. The molecule has 0 spiro atoms. The number of nitrogens with zero attached hydrogens (tertiary/aromatic N) is 5. The van der Waals surface area contributed by atoms with Crippen molar-refractivity contribution in [2.45, 2.75) is 32.4 Å². The summed E-state index contributed by atoms with van der Waals surface area (Å²) >= 11 is 0. The van der Waals surface area contributed by atoms with Crippen molar-refractivity contribution >= 4 is 23.9 Å². The molecule has 0 radical (unpaired) electrons. The third-order valence-electron chi connectivity index (χ3n) is 5.36. The zero-order valence-electron chi connectivity index (χ0n) is 19.2. The first-order valence-corrected chi connectivity index (χ1v) is 10.9. The Morgan fingerprint density at radius 1 is 1.09 bits per heavy atom. The van der Waals surface area contributed by atoms with Gasteiger partial charge in [-0.1, -0.05) is 37.3 Å². The first kappa shape index (κ1) is 22.3. The van der Waals surface area contributed by atoms with E-state index in [1.807, 2.05) is 82.5 Å². The number of aromatic nitrogens is 3. The van der Waals surface area contributed by atoms with Gasteiger partial charge in [-0.25, -0.2) is 9.69 Å². The van der Waals surface area contributed by atoms with Crippen LogP contribution in [0.4, 0.5) is 22.6 Å². The molecule has 2 heterocycles. The summed E-state index contributed by atoms with van der Waals surface area (Å²) in [5.41, 5.74) is 1.04. The zero-order chi connectivity index (χ0) is 23.4. The Labute approximate surface area is 193 Å². The molecule has 0 bridgehead atoms. The number of para-hydroxylation sites is 1. The maximum atomic E-state index is 12.3. The monoisotopic (exact) mass is 448 g/mol. The van der Waals surface area contributed by atoms with Crippen LogP contribution in [0.1, 0.15) is 31.9 Å². The molecule has 1 unspecified atom stereocenters. The fourth-order valence-corrected chi connectivity index (χ4v) is 3.46. The highest BCUT2D eigenvalue weighted by Crippen LogP contribution is 2.27. The summed E-state index contributed by atoms with van der Waals surface area (Å²) in [6, 6.07) is 17.3. The van der Waals surface area contributed by atoms with Gasteiger partial charge in [0.05, 0.1) is 12.1 Å². The molecule has 9 nitrogen and oxygen atoms in total. The van der Waals surface area contributed by atoms with Crippen molar-refractivity contribution in [1.29, 1.82) is 0 Å². The van der Waals surface area contributed by atoms with Crippen LogP contribution in [0.3, 0.4) is 0 Å². The largest absolute Gasteiger partial charge is 0.457 e. The second-order valence-electron chi connectivity index (χ2n) is 8.01. The van der Waals surface area contributed by atoms with Gasteiger partial charge in [0.2, 0.25) is 17.8 Å². The number of hydrogen-bond donors (Lipinski definition) is 1. The van der Waals surface area contributed by atoms with Gasteiger partial charge in [0.15, 0.2) is 0 Å². The van der Waals surface area contributed by atoms with Gasteiger partial charge in [0.25, 0.3) is 0 Å². The number of hydrogen-bond acceptors (Lipinski definition) is 8. The number of nitrogens with one attached hydrogen (secondary N) is 1. The van der Waals surface area contributed by atoms with Crippen LogP contribution < -0.4 is 19.9 Å². The molecule has 1 aliphatic rings. The zero-order valence-corrected chi connectivity index (χ0v) is 19.2. The van der Waals surface area contributed by atoms with E-state index in [1.54, 1.807) is 4.90 Å². The number of carbonyl (C=O) groups excluding carboxylic acids is 1. The maximum absolute atomic E-state index is 12.3. The van der Waals surface area contributed by atoms with Crippen LogP contribution in [0.25, 0.3) is 0 Å². The van der Waals surface area contributed by atoms with Crippen molar-refractivity contribution in [2.75, 3.05) is 35.8 Å². The molecule has 1 fully saturated rings. The van der Waals surface area contributed by atoms with E-state index in [4.69, 9.17) is 9.47 Å². The van der Waals surface area contributed by atoms with Crippen LogP contribution in [0.2, 0.25) is 0 Å². The lowest BCUT2D eigenvalue weighted by Crippen LogP contribution is -2.35. The number of carbonyl (C=O) groups is 1. The second-order valence-corrected chi connectivity index (χ2v) is 8.01. The van der Waals surface area contributed by atoms with E-state index in [-0.39, 0.29) is 18.0 Å². The molecule has 9 heteroatoms. The standard InChI is InChI=1S/C24H28N6O3/c1-5-18-15-32-24(31)30(18)23-27-21(26-22(28-23)29(3)4)25-16(2)17-11-13-20(14-12-17)33-19-9-7-6-8-10-19/h6-14,16,18H,5,15H2,1-4H3,(H,25,26,27,28)/t16?,18-/m0/s1. The molecule has 0 aliphatic carbocycles. The second kappa shape index (κ2) is 9.72. The topological polar surface area (TPSA) is 92.7 Å². The van der Waals surface area contributed by atoms with Gasteiger partial charge >= 0.3 is 6.09 Å². The highest BCUT2D eigenvalue weighted by Gasteiger charge is 2.35. The van der Waals surface area contributed by atoms with Crippen LogP contribution in [-0.4, -0.2) is 47.8 Å². The van der Waals surface area contributed by atoms with Crippen molar-refractivity contribution in [3.63, 3.8) is 0 Å². The highest BCUT2D eigenvalue weighted by molar-refractivity contribution is 5.88. The number of benzene rings is 2. The SMILES string of the molecule is CC[C@H]1COC(=O)N1c1nc(NC(C)c2ccc(Oc3ccccc3)cc2)nc(N(C)C)n1. The molecule has 33 heavy (non-hydrogen) atoms. The lowest BCUT2D eigenvalue weighted by molar-refractivity contribution is 0.178. The minimum Gasteiger partial charge on any atom is -0.457 e. The van der Waals surface area contributed by atoms with Gasteiger partial charge in [0, 0.05) is 14.1 Å². The van der Waals surface area contributed by atoms with E-state index < -0.39 is 6.09 Å². The van der Waals surface area contributed by atoms with Gasteiger partial charge < -0.3 is 19.7 Å². The average Bonchev–Trinajstić information content (AvgIpc) is 3.20. The van der Waals surface area contributed by atoms with E-state index >= 15 is 0 Å². The molecular formula is C24H28N6O3. The molecule has 3 aromatic rings. The molecule has 4 rings (SSSR count). The number of ether oxygens (including phenoxy) is 2. The Kier molecular flexibility index (Phi) is 6.58. The Morgan fingerprint density at radius 3 is 2.45 bits per heavy atom. The fraction of sp³-hybridized carbons (Fsp3) is 0.333. The van der Waals surface area contributed by atoms with E-state index in [9.17, 15) is 4.79 Å². The Bertz CT molecular complexity index is 1090. The predicted octanol–water partition coefficient (Wildman–Crippen LogP) is 4.64. The Hall–Kier alpha value is -3.88. The summed E-state index contributed by atoms with van der Waals surface area (Å²) in [7, 11) is 3.69. The first-order valence-electron chi connectivity index (χ1n) is 10.9. The van der Waals surface area contributed by atoms with Crippen molar-refractivity contribution in [3.8, 4) is 11.5 Å². The van der Waals surface area contributed by atoms with E-state index in [2.05, 4.69) is 20.3 Å². The minimum atomic E-state index is -0.439. The summed E-state index contributed by atoms with van der Waals surface area (Å²) in [6.07, 6.45) is 0.302. The normalized spacial score (nSPS) is 16.3. The molecule has 2 aromatic carbocycles. The Balaban J connectivity index is 1.53. The molecule has 1 aliphatic heterocycles. The van der Waals surface area contributed by atoms with Crippen molar-refractivity contribution < 1.29 is 14.3 Å². The summed E-state index contributed by atoms with van der Waals surface area (Å²) in [6.45, 7) is 4.35. The van der Waals surface area contributed by atoms with Crippen LogP contribution in [-0.2, 0) is 4.74 Å². The molecule has 1 amide bonds. The van der Waals surface area contributed by atoms with Gasteiger partial charge in [0.1, 0.15) is 18.1 Å². The number of rotatable bonds is 8. The van der Waals surface area contributed by atoms with Gasteiger partial charge in [-0.05, 0) is 43.2 Å². The first-order chi connectivity index (χ1) is 15.9. The molecule has 172 valence electrons. The van der Waals surface area contributed by atoms with Gasteiger partial charge in [-0.3, -0.25) is 0 Å². The third-order valence-corrected chi connectivity index (χ3v) is 5.36. The number of cyclic esters (lactones) is 1. The van der Waals surface area contributed by atoms with Crippen molar-refractivity contribution in [1.82, 2.24) is 15.0 Å². The fourth-order valence-electron chi connectivity index (χ4n) is 3.46. The summed E-state index contributed by atoms with van der Waals surface area (Å²) in [5.74, 6) is 2.67. The molecule has 2 atom stereocenters. The molecule has 1 saturated heterocycles. The van der Waals surface area contributed by atoms with Crippen LogP contribution in [0.5, 0.6) is 11.5 Å². The molecule has 0 saturated carbocycles. The summed E-state index contributed by atoms with van der Waals surface area (Å²) in [5, 5.41) is 3.33. The van der Waals surface area contributed by atoms with E-state index in [1.165, 1.54) is 4.90 Å². The lowest BCUT2D eigenvalue weighted by atomic mass is 10.1. The smallest absolute Gasteiger partial charge is 0.417 e. The maximum Gasteiger partial charge on any atom is 0.417 e. The molecule has 1 aromatic heterocycles. The third kappa shape index (κ3) is 5.14. The Morgan fingerprint density at radius 2 is 1.79 bits per heavy atom. The van der Waals surface area contributed by atoms with Gasteiger partial charge in [-0.2, -0.15) is 15.0 Å². The number of anilines is 3.